The van der Waals surface area contributed by atoms with Crippen molar-refractivity contribution in [2.45, 2.75) is 38.6 Å². The fourth-order valence-electron chi connectivity index (χ4n) is 4.73. The standard InChI is InChI=1S/C26H30ClN3O/c1-18-5-4-6-22(17-18)26-28-24(31-29-26)16-9-19-7-10-20(11-8-19)25(30(2)3)21-12-14-23(27)15-13-21/h4-6,9,12-17,19-20,25H,7-8,10-11H2,1-3H3/b16-9+. The molecule has 1 fully saturated rings. The van der Waals surface area contributed by atoms with Gasteiger partial charge in [0, 0.05) is 16.6 Å². The van der Waals surface area contributed by atoms with Crippen molar-refractivity contribution in [1.82, 2.24) is 15.0 Å². The van der Waals surface area contributed by atoms with Crippen molar-refractivity contribution < 1.29 is 4.52 Å². The lowest BCUT2D eigenvalue weighted by atomic mass is 9.76. The minimum Gasteiger partial charge on any atom is -0.334 e. The Morgan fingerprint density at radius 2 is 1.81 bits per heavy atom. The molecule has 0 bridgehead atoms. The van der Waals surface area contributed by atoms with Gasteiger partial charge in [0.05, 0.1) is 0 Å². The number of aromatic nitrogens is 2. The summed E-state index contributed by atoms with van der Waals surface area (Å²) in [5.74, 6) is 2.42. The molecule has 1 atom stereocenters. The number of aryl methyl sites for hydroxylation is 1. The first-order chi connectivity index (χ1) is 15.0. The number of hydrogen-bond acceptors (Lipinski definition) is 4. The summed E-state index contributed by atoms with van der Waals surface area (Å²) in [6.07, 6.45) is 9.00. The first-order valence-electron chi connectivity index (χ1n) is 11.0. The Hall–Kier alpha value is -2.43. The van der Waals surface area contributed by atoms with Crippen molar-refractivity contribution in [3.8, 4) is 11.4 Å². The number of benzene rings is 2. The quantitative estimate of drug-likeness (QED) is 0.426. The third kappa shape index (κ3) is 5.44. The molecule has 1 aliphatic carbocycles. The number of rotatable bonds is 6. The molecule has 31 heavy (non-hydrogen) atoms. The molecule has 0 radical (unpaired) electrons. The number of allylic oxidation sites excluding steroid dienone is 1. The molecule has 0 N–H and O–H groups in total. The Morgan fingerprint density at radius 3 is 2.48 bits per heavy atom. The largest absolute Gasteiger partial charge is 0.334 e. The lowest BCUT2D eigenvalue weighted by Gasteiger charge is -2.37. The van der Waals surface area contributed by atoms with Crippen LogP contribution in [0.15, 0.2) is 59.1 Å². The zero-order valence-electron chi connectivity index (χ0n) is 18.5. The van der Waals surface area contributed by atoms with Gasteiger partial charge in [-0.05, 0) is 88.4 Å². The molecule has 1 aliphatic rings. The van der Waals surface area contributed by atoms with Crippen LogP contribution in [0.5, 0.6) is 0 Å². The molecule has 0 amide bonds. The molecule has 1 saturated carbocycles. The Bertz CT molecular complexity index is 1020. The summed E-state index contributed by atoms with van der Waals surface area (Å²) in [7, 11) is 4.35. The molecule has 0 spiro atoms. The van der Waals surface area contributed by atoms with E-state index in [9.17, 15) is 0 Å². The van der Waals surface area contributed by atoms with E-state index in [-0.39, 0.29) is 0 Å². The van der Waals surface area contributed by atoms with Gasteiger partial charge in [-0.3, -0.25) is 0 Å². The van der Waals surface area contributed by atoms with Crippen molar-refractivity contribution >= 4 is 17.7 Å². The summed E-state index contributed by atoms with van der Waals surface area (Å²) >= 11 is 6.09. The van der Waals surface area contributed by atoms with Gasteiger partial charge >= 0.3 is 0 Å². The molecule has 162 valence electrons. The summed E-state index contributed by atoms with van der Waals surface area (Å²) in [6.45, 7) is 2.06. The first kappa shape index (κ1) is 21.8. The Morgan fingerprint density at radius 1 is 1.06 bits per heavy atom. The van der Waals surface area contributed by atoms with Gasteiger partial charge in [-0.25, -0.2) is 0 Å². The Kier molecular flexibility index (Phi) is 6.89. The van der Waals surface area contributed by atoms with Crippen molar-refractivity contribution in [3.05, 3.63) is 76.6 Å². The number of halogens is 1. The van der Waals surface area contributed by atoms with Gasteiger partial charge in [0.1, 0.15) is 0 Å². The lowest BCUT2D eigenvalue weighted by Crippen LogP contribution is -2.30. The average Bonchev–Trinajstić information content (AvgIpc) is 3.24. The monoisotopic (exact) mass is 435 g/mol. The van der Waals surface area contributed by atoms with E-state index in [2.05, 4.69) is 66.4 Å². The SMILES string of the molecule is Cc1cccc(-c2noc(/C=C/C3CCC(C(c4ccc(Cl)cc4)N(C)C)CC3)n2)c1. The molecule has 4 nitrogen and oxygen atoms in total. The van der Waals surface area contributed by atoms with Gasteiger partial charge in [-0.2, -0.15) is 4.98 Å². The van der Waals surface area contributed by atoms with Crippen LogP contribution in [0.3, 0.4) is 0 Å². The zero-order valence-corrected chi connectivity index (χ0v) is 19.2. The zero-order chi connectivity index (χ0) is 21.8. The number of nitrogens with zero attached hydrogens (tertiary/aromatic N) is 3. The molecule has 0 aliphatic heterocycles. The molecule has 5 heteroatoms. The van der Waals surface area contributed by atoms with Crippen LogP contribution in [0.2, 0.25) is 5.02 Å². The molecule has 2 aromatic carbocycles. The van der Waals surface area contributed by atoms with Crippen LogP contribution in [0.1, 0.15) is 48.7 Å². The highest BCUT2D eigenvalue weighted by Crippen LogP contribution is 2.40. The summed E-state index contributed by atoms with van der Waals surface area (Å²) in [5, 5.41) is 4.93. The molecule has 1 unspecified atom stereocenters. The van der Waals surface area contributed by atoms with Gasteiger partial charge in [-0.15, -0.1) is 0 Å². The molecule has 1 aromatic heterocycles. The molecule has 3 aromatic rings. The maximum absolute atomic E-state index is 6.09. The van der Waals surface area contributed by atoms with E-state index in [0.29, 0.717) is 29.6 Å². The third-order valence-corrected chi connectivity index (χ3v) is 6.51. The molecular formula is C26H30ClN3O. The van der Waals surface area contributed by atoms with E-state index in [1.54, 1.807) is 0 Å². The van der Waals surface area contributed by atoms with Crippen LogP contribution in [-0.2, 0) is 0 Å². The van der Waals surface area contributed by atoms with Crippen LogP contribution < -0.4 is 0 Å². The van der Waals surface area contributed by atoms with Crippen LogP contribution in [0.25, 0.3) is 17.5 Å². The second-order valence-electron chi connectivity index (χ2n) is 8.82. The van der Waals surface area contributed by atoms with E-state index >= 15 is 0 Å². The van der Waals surface area contributed by atoms with Crippen molar-refractivity contribution in [2.75, 3.05) is 14.1 Å². The van der Waals surface area contributed by atoms with Crippen LogP contribution in [-0.4, -0.2) is 29.1 Å². The highest BCUT2D eigenvalue weighted by molar-refractivity contribution is 6.30. The normalized spacial score (nSPS) is 20.4. The van der Waals surface area contributed by atoms with Crippen LogP contribution in [0, 0.1) is 18.8 Å². The maximum Gasteiger partial charge on any atom is 0.250 e. The van der Waals surface area contributed by atoms with Gasteiger partial charge in [0.25, 0.3) is 5.89 Å². The predicted octanol–water partition coefficient (Wildman–Crippen LogP) is 6.82. The Labute approximate surface area is 189 Å². The smallest absolute Gasteiger partial charge is 0.250 e. The highest BCUT2D eigenvalue weighted by atomic mass is 35.5. The molecule has 0 saturated heterocycles. The summed E-state index contributed by atoms with van der Waals surface area (Å²) in [4.78, 5) is 6.88. The second kappa shape index (κ2) is 9.80. The third-order valence-electron chi connectivity index (χ3n) is 6.26. The lowest BCUT2D eigenvalue weighted by molar-refractivity contribution is 0.159. The minimum atomic E-state index is 0.426. The summed E-state index contributed by atoms with van der Waals surface area (Å²) in [6, 6.07) is 16.9. The fraction of sp³-hybridized carbons (Fsp3) is 0.385. The molecular weight excluding hydrogens is 406 g/mol. The minimum absolute atomic E-state index is 0.426. The first-order valence-corrected chi connectivity index (χ1v) is 11.4. The second-order valence-corrected chi connectivity index (χ2v) is 9.26. The molecule has 4 rings (SSSR count). The Balaban J connectivity index is 1.36. The van der Waals surface area contributed by atoms with E-state index in [0.717, 1.165) is 10.6 Å². The average molecular weight is 436 g/mol. The fourth-order valence-corrected chi connectivity index (χ4v) is 4.85. The number of hydrogen-bond donors (Lipinski definition) is 0. The maximum atomic E-state index is 6.09. The predicted molar refractivity (Wildman–Crippen MR) is 127 cm³/mol. The van der Waals surface area contributed by atoms with E-state index in [1.807, 2.05) is 30.3 Å². The topological polar surface area (TPSA) is 42.2 Å². The van der Waals surface area contributed by atoms with Crippen molar-refractivity contribution in [1.29, 1.82) is 0 Å². The highest BCUT2D eigenvalue weighted by Gasteiger charge is 2.29. The van der Waals surface area contributed by atoms with Gasteiger partial charge in [0.15, 0.2) is 0 Å². The van der Waals surface area contributed by atoms with Crippen LogP contribution in [0.4, 0.5) is 0 Å². The van der Waals surface area contributed by atoms with Gasteiger partial charge in [0.2, 0.25) is 5.82 Å². The van der Waals surface area contributed by atoms with E-state index in [4.69, 9.17) is 16.1 Å². The van der Waals surface area contributed by atoms with E-state index < -0.39 is 0 Å². The van der Waals surface area contributed by atoms with Gasteiger partial charge in [-0.1, -0.05) is 58.7 Å². The molecule has 1 heterocycles. The van der Waals surface area contributed by atoms with Crippen molar-refractivity contribution in [2.24, 2.45) is 11.8 Å². The van der Waals surface area contributed by atoms with E-state index in [1.165, 1.54) is 36.8 Å². The van der Waals surface area contributed by atoms with Crippen molar-refractivity contribution in [3.63, 3.8) is 0 Å². The van der Waals surface area contributed by atoms with Gasteiger partial charge < -0.3 is 9.42 Å². The summed E-state index contributed by atoms with van der Waals surface area (Å²) in [5.41, 5.74) is 3.52. The summed E-state index contributed by atoms with van der Waals surface area (Å²) < 4.78 is 5.44. The van der Waals surface area contributed by atoms with Crippen LogP contribution >= 0.6 is 11.6 Å².